The summed E-state index contributed by atoms with van der Waals surface area (Å²) in [5, 5.41) is 4.09. The van der Waals surface area contributed by atoms with Gasteiger partial charge in [0.1, 0.15) is 0 Å². The zero-order chi connectivity index (χ0) is 9.97. The van der Waals surface area contributed by atoms with Crippen LogP contribution in [0.4, 0.5) is 0 Å². The highest BCUT2D eigenvalue weighted by molar-refractivity contribution is 6.30. The molecule has 14 heavy (non-hydrogen) atoms. The molecule has 3 heteroatoms. The highest BCUT2D eigenvalue weighted by atomic mass is 35.5. The molecule has 2 atom stereocenters. The lowest BCUT2D eigenvalue weighted by molar-refractivity contribution is 0.403. The first kappa shape index (κ1) is 9.97. The van der Waals surface area contributed by atoms with Crippen molar-refractivity contribution in [1.29, 1.82) is 0 Å². The van der Waals surface area contributed by atoms with Crippen molar-refractivity contribution in [2.24, 2.45) is 5.73 Å². The number of nitrogens with one attached hydrogen (secondary N) is 1. The van der Waals surface area contributed by atoms with Gasteiger partial charge in [0, 0.05) is 23.5 Å². The van der Waals surface area contributed by atoms with Crippen LogP contribution in [-0.2, 0) is 0 Å². The van der Waals surface area contributed by atoms with Crippen LogP contribution in [0.15, 0.2) is 24.3 Å². The zero-order valence-electron chi connectivity index (χ0n) is 8.04. The van der Waals surface area contributed by atoms with Crippen LogP contribution >= 0.6 is 11.6 Å². The maximum Gasteiger partial charge on any atom is 0.0408 e. The van der Waals surface area contributed by atoms with E-state index in [2.05, 4.69) is 11.4 Å². The predicted octanol–water partition coefficient (Wildman–Crippen LogP) is 1.74. The molecule has 2 nitrogen and oxygen atoms in total. The summed E-state index contributed by atoms with van der Waals surface area (Å²) in [5.41, 5.74) is 7.33. The molecule has 0 radical (unpaired) electrons. The van der Waals surface area contributed by atoms with Crippen LogP contribution in [0.3, 0.4) is 0 Å². The van der Waals surface area contributed by atoms with E-state index < -0.39 is 0 Å². The molecule has 1 aromatic rings. The Morgan fingerprint density at radius 1 is 1.43 bits per heavy atom. The Morgan fingerprint density at radius 2 is 2.29 bits per heavy atom. The highest BCUT2D eigenvalue weighted by Gasteiger charge is 2.22. The Hall–Kier alpha value is -0.570. The lowest BCUT2D eigenvalue weighted by Crippen LogP contribution is -2.44. The molecule has 1 saturated heterocycles. The molecule has 0 spiro atoms. The SMILES string of the molecule is NC1CNCCC1c1cccc(Cl)c1. The lowest BCUT2D eigenvalue weighted by Gasteiger charge is -2.29. The molecule has 1 aromatic carbocycles. The van der Waals surface area contributed by atoms with Gasteiger partial charge in [0.25, 0.3) is 0 Å². The summed E-state index contributed by atoms with van der Waals surface area (Å²) in [6.07, 6.45) is 1.10. The average Bonchev–Trinajstić information content (AvgIpc) is 2.18. The van der Waals surface area contributed by atoms with Crippen LogP contribution in [0.5, 0.6) is 0 Å². The molecule has 3 N–H and O–H groups in total. The van der Waals surface area contributed by atoms with E-state index in [1.807, 2.05) is 18.2 Å². The number of rotatable bonds is 1. The van der Waals surface area contributed by atoms with Crippen LogP contribution in [0.1, 0.15) is 17.9 Å². The number of nitrogens with two attached hydrogens (primary N) is 1. The largest absolute Gasteiger partial charge is 0.326 e. The van der Waals surface area contributed by atoms with Crippen LogP contribution in [0, 0.1) is 0 Å². The van der Waals surface area contributed by atoms with E-state index in [1.54, 1.807) is 0 Å². The quantitative estimate of drug-likeness (QED) is 0.741. The third kappa shape index (κ3) is 2.08. The molecule has 1 aliphatic rings. The first-order chi connectivity index (χ1) is 6.77. The van der Waals surface area contributed by atoms with E-state index in [1.165, 1.54) is 5.56 Å². The summed E-state index contributed by atoms with van der Waals surface area (Å²) in [4.78, 5) is 0. The van der Waals surface area contributed by atoms with Gasteiger partial charge in [0.05, 0.1) is 0 Å². The third-order valence-corrected chi connectivity index (χ3v) is 3.04. The van der Waals surface area contributed by atoms with Gasteiger partial charge in [-0.1, -0.05) is 23.7 Å². The molecule has 0 bridgehead atoms. The summed E-state index contributed by atoms with van der Waals surface area (Å²) in [6.45, 7) is 1.95. The van der Waals surface area contributed by atoms with Crippen molar-refractivity contribution in [1.82, 2.24) is 5.32 Å². The monoisotopic (exact) mass is 210 g/mol. The maximum absolute atomic E-state index is 6.06. The first-order valence-electron chi connectivity index (χ1n) is 4.99. The Kier molecular flexibility index (Phi) is 3.06. The second kappa shape index (κ2) is 4.30. The molecular formula is C11H15ClN2. The van der Waals surface area contributed by atoms with Gasteiger partial charge in [-0.25, -0.2) is 0 Å². The van der Waals surface area contributed by atoms with E-state index >= 15 is 0 Å². The molecule has 0 aromatic heterocycles. The third-order valence-electron chi connectivity index (χ3n) is 2.81. The Morgan fingerprint density at radius 3 is 3.00 bits per heavy atom. The number of benzene rings is 1. The van der Waals surface area contributed by atoms with Gasteiger partial charge in [-0.05, 0) is 30.7 Å². The predicted molar refractivity (Wildman–Crippen MR) is 59.7 cm³/mol. The fourth-order valence-electron chi connectivity index (χ4n) is 2.03. The van der Waals surface area contributed by atoms with Crippen LogP contribution in [0.2, 0.25) is 5.02 Å². The van der Waals surface area contributed by atoms with Gasteiger partial charge in [-0.3, -0.25) is 0 Å². The fraction of sp³-hybridized carbons (Fsp3) is 0.455. The molecule has 1 fully saturated rings. The Bertz CT molecular complexity index is 314. The first-order valence-corrected chi connectivity index (χ1v) is 5.37. The smallest absolute Gasteiger partial charge is 0.0408 e. The highest BCUT2D eigenvalue weighted by Crippen LogP contribution is 2.26. The Balaban J connectivity index is 2.20. The number of hydrogen-bond donors (Lipinski definition) is 2. The van der Waals surface area contributed by atoms with Crippen molar-refractivity contribution >= 4 is 11.6 Å². The molecule has 2 unspecified atom stereocenters. The molecule has 0 saturated carbocycles. The summed E-state index contributed by atoms with van der Waals surface area (Å²) >= 11 is 5.96. The zero-order valence-corrected chi connectivity index (χ0v) is 8.80. The van der Waals surface area contributed by atoms with E-state index in [9.17, 15) is 0 Å². The molecule has 76 valence electrons. The Labute approximate surface area is 89.4 Å². The average molecular weight is 211 g/mol. The van der Waals surface area contributed by atoms with Gasteiger partial charge in [0.15, 0.2) is 0 Å². The summed E-state index contributed by atoms with van der Waals surface area (Å²) < 4.78 is 0. The number of halogens is 1. The van der Waals surface area contributed by atoms with Crippen LogP contribution < -0.4 is 11.1 Å². The topological polar surface area (TPSA) is 38.0 Å². The summed E-state index contributed by atoms with van der Waals surface area (Å²) in [6, 6.07) is 8.24. The molecule has 1 heterocycles. The normalized spacial score (nSPS) is 27.6. The van der Waals surface area contributed by atoms with Crippen molar-refractivity contribution in [2.45, 2.75) is 18.4 Å². The van der Waals surface area contributed by atoms with Gasteiger partial charge in [-0.2, -0.15) is 0 Å². The van der Waals surface area contributed by atoms with Crippen molar-refractivity contribution in [3.63, 3.8) is 0 Å². The van der Waals surface area contributed by atoms with Gasteiger partial charge < -0.3 is 11.1 Å². The van der Waals surface area contributed by atoms with Gasteiger partial charge in [-0.15, -0.1) is 0 Å². The number of piperidine rings is 1. The molecule has 1 aliphatic heterocycles. The molecular weight excluding hydrogens is 196 g/mol. The molecule has 0 aliphatic carbocycles. The van der Waals surface area contributed by atoms with E-state index in [-0.39, 0.29) is 6.04 Å². The fourth-order valence-corrected chi connectivity index (χ4v) is 2.23. The van der Waals surface area contributed by atoms with Crippen molar-refractivity contribution < 1.29 is 0 Å². The van der Waals surface area contributed by atoms with Crippen LogP contribution in [-0.4, -0.2) is 19.1 Å². The molecule has 2 rings (SSSR count). The molecule has 0 amide bonds. The van der Waals surface area contributed by atoms with E-state index in [4.69, 9.17) is 17.3 Å². The van der Waals surface area contributed by atoms with E-state index in [0.29, 0.717) is 5.92 Å². The minimum atomic E-state index is 0.210. The minimum absolute atomic E-state index is 0.210. The minimum Gasteiger partial charge on any atom is -0.326 e. The van der Waals surface area contributed by atoms with Gasteiger partial charge >= 0.3 is 0 Å². The standard InChI is InChI=1S/C11H15ClN2/c12-9-3-1-2-8(6-9)10-4-5-14-7-11(10)13/h1-3,6,10-11,14H,4-5,7,13H2. The second-order valence-corrected chi connectivity index (χ2v) is 4.25. The van der Waals surface area contributed by atoms with Gasteiger partial charge in [0.2, 0.25) is 0 Å². The second-order valence-electron chi connectivity index (χ2n) is 3.82. The number of hydrogen-bond acceptors (Lipinski definition) is 2. The van der Waals surface area contributed by atoms with Crippen molar-refractivity contribution in [3.05, 3.63) is 34.9 Å². The summed E-state index contributed by atoms with van der Waals surface area (Å²) in [7, 11) is 0. The maximum atomic E-state index is 6.06. The lowest BCUT2D eigenvalue weighted by atomic mass is 9.87. The van der Waals surface area contributed by atoms with Crippen molar-refractivity contribution in [3.8, 4) is 0 Å². The van der Waals surface area contributed by atoms with Crippen molar-refractivity contribution in [2.75, 3.05) is 13.1 Å². The van der Waals surface area contributed by atoms with E-state index in [0.717, 1.165) is 24.5 Å². The summed E-state index contributed by atoms with van der Waals surface area (Å²) in [5.74, 6) is 0.454. The van der Waals surface area contributed by atoms with Crippen LogP contribution in [0.25, 0.3) is 0 Å².